The molecule has 0 aliphatic carbocycles. The third kappa shape index (κ3) is 4.73. The molecule has 144 valence electrons. The highest BCUT2D eigenvalue weighted by Crippen LogP contribution is 2.24. The normalized spacial score (nSPS) is 17.8. The number of aromatic nitrogens is 1. The third-order valence-corrected chi connectivity index (χ3v) is 5.74. The molecule has 3 rings (SSSR count). The van der Waals surface area contributed by atoms with Gasteiger partial charge in [-0.05, 0) is 13.8 Å². The number of carbonyl (C=O) groups excluding carboxylic acids is 2. The number of benzene rings is 1. The Labute approximate surface area is 164 Å². The lowest BCUT2D eigenvalue weighted by Crippen LogP contribution is -2.58. The van der Waals surface area contributed by atoms with Crippen LogP contribution in [0.4, 0.5) is 0 Å². The minimum atomic E-state index is -0.399. The summed E-state index contributed by atoms with van der Waals surface area (Å²) >= 11 is 1.58. The molecule has 1 aromatic carbocycles. The van der Waals surface area contributed by atoms with Crippen molar-refractivity contribution in [1.29, 1.82) is 0 Å². The maximum absolute atomic E-state index is 12.7. The van der Waals surface area contributed by atoms with Crippen molar-refractivity contribution in [2.24, 2.45) is 0 Å². The van der Waals surface area contributed by atoms with E-state index in [2.05, 4.69) is 29.0 Å². The Morgan fingerprint density at radius 3 is 2.81 bits per heavy atom. The number of nitrogens with one attached hydrogen (secondary N) is 1. The van der Waals surface area contributed by atoms with Gasteiger partial charge in [0.25, 0.3) is 0 Å². The van der Waals surface area contributed by atoms with E-state index in [1.54, 1.807) is 23.3 Å². The summed E-state index contributed by atoms with van der Waals surface area (Å²) in [6.45, 7) is 5.97. The van der Waals surface area contributed by atoms with Gasteiger partial charge in [-0.2, -0.15) is 0 Å². The van der Waals surface area contributed by atoms with E-state index in [0.717, 1.165) is 22.8 Å². The second-order valence-electron chi connectivity index (χ2n) is 7.10. The van der Waals surface area contributed by atoms with Crippen LogP contribution in [0.3, 0.4) is 0 Å². The van der Waals surface area contributed by atoms with Crippen LogP contribution in [-0.4, -0.2) is 58.8 Å². The van der Waals surface area contributed by atoms with Crippen molar-refractivity contribution >= 4 is 23.2 Å². The highest BCUT2D eigenvalue weighted by Gasteiger charge is 2.33. The van der Waals surface area contributed by atoms with Gasteiger partial charge in [0.05, 0.1) is 24.7 Å². The van der Waals surface area contributed by atoms with Gasteiger partial charge >= 0.3 is 0 Å². The lowest BCUT2D eigenvalue weighted by molar-refractivity contribution is -0.139. The Morgan fingerprint density at radius 2 is 2.11 bits per heavy atom. The van der Waals surface area contributed by atoms with Gasteiger partial charge in [0.2, 0.25) is 11.8 Å². The molecule has 7 heteroatoms. The first-order valence-corrected chi connectivity index (χ1v) is 10.1. The minimum absolute atomic E-state index is 0.0445. The van der Waals surface area contributed by atoms with Crippen LogP contribution >= 0.6 is 11.3 Å². The summed E-state index contributed by atoms with van der Waals surface area (Å²) in [6, 6.07) is 9.84. The molecule has 1 N–H and O–H groups in total. The summed E-state index contributed by atoms with van der Waals surface area (Å²) < 4.78 is 0. The van der Waals surface area contributed by atoms with Gasteiger partial charge in [-0.3, -0.25) is 14.5 Å². The van der Waals surface area contributed by atoms with Crippen LogP contribution in [0.5, 0.6) is 0 Å². The van der Waals surface area contributed by atoms with Gasteiger partial charge in [-0.15, -0.1) is 11.3 Å². The van der Waals surface area contributed by atoms with Crippen molar-refractivity contribution in [2.45, 2.75) is 38.9 Å². The van der Waals surface area contributed by atoms with E-state index in [-0.39, 0.29) is 24.3 Å². The Morgan fingerprint density at radius 1 is 1.37 bits per heavy atom. The molecule has 0 spiro atoms. The zero-order valence-electron chi connectivity index (χ0n) is 16.0. The Hall–Kier alpha value is -2.25. The minimum Gasteiger partial charge on any atom is -0.353 e. The van der Waals surface area contributed by atoms with Crippen LogP contribution < -0.4 is 5.32 Å². The molecule has 2 heterocycles. The third-order valence-electron chi connectivity index (χ3n) is 4.80. The topological polar surface area (TPSA) is 65.5 Å². The van der Waals surface area contributed by atoms with Crippen molar-refractivity contribution in [3.8, 4) is 10.6 Å². The zero-order valence-corrected chi connectivity index (χ0v) is 16.8. The first-order valence-electron chi connectivity index (χ1n) is 9.23. The molecule has 27 heavy (non-hydrogen) atoms. The van der Waals surface area contributed by atoms with E-state index in [0.29, 0.717) is 13.1 Å². The van der Waals surface area contributed by atoms with Crippen LogP contribution in [0.1, 0.15) is 26.0 Å². The average Bonchev–Trinajstić information content (AvgIpc) is 3.12. The summed E-state index contributed by atoms with van der Waals surface area (Å²) in [5, 5.41) is 5.80. The van der Waals surface area contributed by atoms with E-state index in [9.17, 15) is 9.59 Å². The smallest absolute Gasteiger partial charge is 0.237 e. The maximum atomic E-state index is 12.7. The van der Waals surface area contributed by atoms with Gasteiger partial charge in [0.15, 0.2) is 0 Å². The number of amides is 2. The Bertz CT molecular complexity index is 790. The molecule has 2 amide bonds. The number of carbonyl (C=O) groups is 2. The first kappa shape index (κ1) is 19.5. The van der Waals surface area contributed by atoms with Crippen LogP contribution in [0.2, 0.25) is 0 Å². The first-order chi connectivity index (χ1) is 13.0. The van der Waals surface area contributed by atoms with Crippen molar-refractivity contribution in [1.82, 2.24) is 20.1 Å². The lowest BCUT2D eigenvalue weighted by Gasteiger charge is -2.38. The fourth-order valence-electron chi connectivity index (χ4n) is 3.31. The predicted molar refractivity (Wildman–Crippen MR) is 107 cm³/mol. The van der Waals surface area contributed by atoms with Crippen LogP contribution in [0.15, 0.2) is 35.7 Å². The molecule has 1 aliphatic rings. The van der Waals surface area contributed by atoms with E-state index >= 15 is 0 Å². The number of hydrogen-bond acceptors (Lipinski definition) is 5. The fourth-order valence-corrected chi connectivity index (χ4v) is 4.12. The fraction of sp³-hybridized carbons (Fsp3) is 0.450. The van der Waals surface area contributed by atoms with Crippen LogP contribution in [0.25, 0.3) is 10.6 Å². The summed E-state index contributed by atoms with van der Waals surface area (Å²) in [6.07, 6.45) is 0.191. The zero-order chi connectivity index (χ0) is 19.4. The molecular weight excluding hydrogens is 360 g/mol. The molecule has 2 aromatic rings. The monoisotopic (exact) mass is 386 g/mol. The number of piperazine rings is 1. The van der Waals surface area contributed by atoms with Gasteiger partial charge in [0, 0.05) is 37.1 Å². The highest BCUT2D eigenvalue weighted by atomic mass is 32.1. The quantitative estimate of drug-likeness (QED) is 0.828. The number of hydrogen-bond donors (Lipinski definition) is 1. The molecule has 6 nitrogen and oxygen atoms in total. The van der Waals surface area contributed by atoms with Gasteiger partial charge < -0.3 is 10.2 Å². The van der Waals surface area contributed by atoms with Crippen molar-refractivity contribution in [2.75, 3.05) is 20.1 Å². The summed E-state index contributed by atoms with van der Waals surface area (Å²) in [4.78, 5) is 33.4. The van der Waals surface area contributed by atoms with E-state index in [4.69, 9.17) is 0 Å². The maximum Gasteiger partial charge on any atom is 0.237 e. The Balaban J connectivity index is 1.62. The van der Waals surface area contributed by atoms with Crippen LogP contribution in [0, 0.1) is 0 Å². The Kier molecular flexibility index (Phi) is 6.23. The number of nitrogens with zero attached hydrogens (tertiary/aromatic N) is 3. The van der Waals surface area contributed by atoms with E-state index in [1.807, 2.05) is 35.7 Å². The molecule has 0 bridgehead atoms. The highest BCUT2D eigenvalue weighted by molar-refractivity contribution is 7.13. The summed E-state index contributed by atoms with van der Waals surface area (Å²) in [5.74, 6) is -0.103. The molecule has 1 aliphatic heterocycles. The molecular formula is C20H26N4O2S. The average molecular weight is 387 g/mol. The second-order valence-corrected chi connectivity index (χ2v) is 7.96. The lowest BCUT2D eigenvalue weighted by atomic mass is 10.1. The standard InChI is InChI=1S/C20H26N4O2S/c1-14(2)24-10-9-21-19(26)17(24)11-18(25)23(3)12-16-13-27-20(22-16)15-7-5-4-6-8-15/h4-8,13-14,17H,9-12H2,1-3H3,(H,21,26)/t17-/m0/s1. The van der Waals surface area contributed by atoms with Crippen molar-refractivity contribution < 1.29 is 9.59 Å². The van der Waals surface area contributed by atoms with E-state index < -0.39 is 6.04 Å². The molecule has 0 saturated carbocycles. The number of rotatable bonds is 6. The summed E-state index contributed by atoms with van der Waals surface area (Å²) in [7, 11) is 1.77. The van der Waals surface area contributed by atoms with Gasteiger partial charge in [0.1, 0.15) is 5.01 Å². The molecule has 1 aromatic heterocycles. The van der Waals surface area contributed by atoms with Gasteiger partial charge in [-0.25, -0.2) is 4.98 Å². The van der Waals surface area contributed by atoms with Crippen LogP contribution in [-0.2, 0) is 16.1 Å². The second kappa shape index (κ2) is 8.63. The van der Waals surface area contributed by atoms with Gasteiger partial charge in [-0.1, -0.05) is 30.3 Å². The molecule has 1 fully saturated rings. The largest absolute Gasteiger partial charge is 0.353 e. The molecule has 1 saturated heterocycles. The molecule has 0 radical (unpaired) electrons. The molecule has 0 unspecified atom stereocenters. The number of thiazole rings is 1. The van der Waals surface area contributed by atoms with Crippen molar-refractivity contribution in [3.05, 3.63) is 41.4 Å². The predicted octanol–water partition coefficient (Wildman–Crippen LogP) is 2.37. The summed E-state index contributed by atoms with van der Waals surface area (Å²) in [5.41, 5.74) is 1.94. The van der Waals surface area contributed by atoms with E-state index in [1.165, 1.54) is 0 Å². The van der Waals surface area contributed by atoms with Crippen molar-refractivity contribution in [3.63, 3.8) is 0 Å². The molecule has 1 atom stereocenters. The SMILES string of the molecule is CC(C)N1CCNC(=O)[C@@H]1CC(=O)N(C)Cc1csc(-c2ccccc2)n1.